The van der Waals surface area contributed by atoms with Gasteiger partial charge in [0, 0.05) is 28.9 Å². The van der Waals surface area contributed by atoms with Crippen LogP contribution in [0.15, 0.2) is 66.1 Å². The van der Waals surface area contributed by atoms with Gasteiger partial charge in [-0.25, -0.2) is 15.0 Å². The van der Waals surface area contributed by atoms with Gasteiger partial charge < -0.3 is 20.1 Å². The van der Waals surface area contributed by atoms with Crippen LogP contribution in [0.4, 0.5) is 5.69 Å². The van der Waals surface area contributed by atoms with Crippen LogP contribution in [0.2, 0.25) is 5.02 Å². The Morgan fingerprint density at radius 2 is 1.93 bits per heavy atom. The van der Waals surface area contributed by atoms with E-state index in [-0.39, 0.29) is 6.01 Å². The van der Waals surface area contributed by atoms with Gasteiger partial charge in [-0.2, -0.15) is 0 Å². The van der Waals surface area contributed by atoms with Crippen LogP contribution < -0.4 is 10.1 Å². The zero-order valence-electron chi connectivity index (χ0n) is 14.5. The van der Waals surface area contributed by atoms with Crippen molar-refractivity contribution < 1.29 is 9.84 Å². The molecule has 142 valence electrons. The highest BCUT2D eigenvalue weighted by Gasteiger charge is 2.09. The molecule has 0 saturated heterocycles. The minimum Gasteiger partial charge on any atom is -0.424 e. The van der Waals surface area contributed by atoms with Crippen LogP contribution in [0.1, 0.15) is 0 Å². The first-order valence-electron chi connectivity index (χ1n) is 8.43. The molecule has 1 unspecified atom stereocenters. The fourth-order valence-electron chi connectivity index (χ4n) is 2.48. The lowest BCUT2D eigenvalue weighted by Gasteiger charge is -2.13. The Morgan fingerprint density at radius 1 is 1.14 bits per heavy atom. The molecule has 9 heteroatoms. The lowest BCUT2D eigenvalue weighted by Crippen LogP contribution is -2.21. The number of aliphatic hydroxyl groups is 1. The average molecular weight is 414 g/mol. The van der Waals surface area contributed by atoms with E-state index >= 15 is 0 Å². The molecule has 7 nitrogen and oxygen atoms in total. The van der Waals surface area contributed by atoms with Crippen molar-refractivity contribution in [3.8, 4) is 11.8 Å². The Kier molecular flexibility index (Phi) is 5.61. The number of hydrogen-bond acceptors (Lipinski definition) is 7. The predicted molar refractivity (Wildman–Crippen MR) is 110 cm³/mol. The molecule has 0 spiro atoms. The predicted octanol–water partition coefficient (Wildman–Crippen LogP) is 4.32. The molecule has 28 heavy (non-hydrogen) atoms. The molecule has 0 aliphatic carbocycles. The Hall–Kier alpha value is -2.81. The Balaban J connectivity index is 1.31. The minimum atomic E-state index is -0.744. The lowest BCUT2D eigenvalue weighted by molar-refractivity contribution is 0.229. The van der Waals surface area contributed by atoms with E-state index in [2.05, 4.69) is 25.3 Å². The highest BCUT2D eigenvalue weighted by Crippen LogP contribution is 2.24. The normalized spacial score (nSPS) is 12.1. The first-order chi connectivity index (χ1) is 13.7. The number of H-pyrrole nitrogens is 1. The number of nitrogens with zero attached hydrogens (tertiary/aromatic N) is 3. The molecule has 2 aromatic heterocycles. The topological polar surface area (TPSA) is 96.0 Å². The number of anilines is 1. The molecule has 0 saturated carbocycles. The van der Waals surface area contributed by atoms with Crippen LogP contribution in [-0.2, 0) is 0 Å². The molecule has 4 rings (SSSR count). The summed E-state index contributed by atoms with van der Waals surface area (Å²) in [6.07, 6.45) is 2.48. The van der Waals surface area contributed by atoms with E-state index in [1.54, 1.807) is 36.7 Å². The van der Waals surface area contributed by atoms with Crippen molar-refractivity contribution >= 4 is 40.1 Å². The van der Waals surface area contributed by atoms with Gasteiger partial charge in [0.1, 0.15) is 12.0 Å². The summed E-state index contributed by atoms with van der Waals surface area (Å²) in [5, 5.41) is 14.7. The number of thioether (sulfide) groups is 1. The van der Waals surface area contributed by atoms with E-state index in [0.29, 0.717) is 16.5 Å². The maximum atomic E-state index is 10.2. The fraction of sp³-hybridized carbons (Fsp3) is 0.105. The number of hydrogen-bond donors (Lipinski definition) is 3. The van der Waals surface area contributed by atoms with Crippen LogP contribution >= 0.6 is 23.4 Å². The quantitative estimate of drug-likeness (QED) is 0.306. The van der Waals surface area contributed by atoms with Gasteiger partial charge in [-0.15, -0.1) is 0 Å². The van der Waals surface area contributed by atoms with Crippen LogP contribution in [0.25, 0.3) is 11.0 Å². The van der Waals surface area contributed by atoms with Crippen LogP contribution in [0, 0.1) is 0 Å². The molecular weight excluding hydrogens is 398 g/mol. The van der Waals surface area contributed by atoms with Crippen molar-refractivity contribution in [3.05, 3.63) is 65.9 Å². The molecule has 1 atom stereocenters. The number of ether oxygens (including phenoxy) is 1. The van der Waals surface area contributed by atoms with Crippen molar-refractivity contribution in [2.75, 3.05) is 11.1 Å². The summed E-state index contributed by atoms with van der Waals surface area (Å²) < 4.78 is 5.54. The Bertz CT molecular complexity index is 1060. The molecule has 0 fully saturated rings. The number of aliphatic hydroxyl groups excluding tert-OH is 1. The smallest absolute Gasteiger partial charge is 0.321 e. The molecule has 3 N–H and O–H groups in total. The molecule has 0 radical (unpaired) electrons. The number of rotatable bonds is 7. The molecule has 4 aromatic rings. The maximum absolute atomic E-state index is 10.2. The number of imidazole rings is 1. The summed E-state index contributed by atoms with van der Waals surface area (Å²) in [5.74, 6) is 1.03. The zero-order chi connectivity index (χ0) is 19.3. The zero-order valence-corrected chi connectivity index (χ0v) is 16.1. The van der Waals surface area contributed by atoms with Crippen molar-refractivity contribution in [3.63, 3.8) is 0 Å². The van der Waals surface area contributed by atoms with Crippen molar-refractivity contribution in [1.29, 1.82) is 0 Å². The van der Waals surface area contributed by atoms with Crippen molar-refractivity contribution in [2.24, 2.45) is 0 Å². The maximum Gasteiger partial charge on any atom is 0.321 e. The van der Waals surface area contributed by atoms with Crippen LogP contribution in [0.3, 0.4) is 0 Å². The van der Waals surface area contributed by atoms with Crippen molar-refractivity contribution in [1.82, 2.24) is 19.9 Å². The lowest BCUT2D eigenvalue weighted by atomic mass is 10.3. The van der Waals surface area contributed by atoms with Gasteiger partial charge in [-0.1, -0.05) is 23.4 Å². The molecule has 2 aromatic carbocycles. The SMILES string of the molecule is OC(CSc1nc2ccc(Cl)cc2[nH]1)Nc1ccc(Oc2ncccn2)cc1. The minimum absolute atomic E-state index is 0.284. The summed E-state index contributed by atoms with van der Waals surface area (Å²) >= 11 is 7.40. The van der Waals surface area contributed by atoms with Gasteiger partial charge in [-0.3, -0.25) is 0 Å². The molecule has 0 bridgehead atoms. The molecule has 0 aliphatic heterocycles. The standard InChI is InChI=1S/C19H16ClN5O2S/c20-12-2-7-15-16(10-12)25-19(24-15)28-11-17(26)23-13-3-5-14(6-4-13)27-18-21-8-1-9-22-18/h1-10,17,23,26H,11H2,(H,24,25). The van der Waals surface area contributed by atoms with E-state index in [4.69, 9.17) is 16.3 Å². The fourth-order valence-corrected chi connectivity index (χ4v) is 3.40. The van der Waals surface area contributed by atoms with Gasteiger partial charge in [-0.05, 0) is 48.5 Å². The van der Waals surface area contributed by atoms with Gasteiger partial charge in [0.05, 0.1) is 11.0 Å². The summed E-state index contributed by atoms with van der Waals surface area (Å²) in [5.41, 5.74) is 2.48. The third-order valence-corrected chi connectivity index (χ3v) is 4.92. The monoisotopic (exact) mass is 413 g/mol. The first-order valence-corrected chi connectivity index (χ1v) is 9.80. The summed E-state index contributed by atoms with van der Waals surface area (Å²) in [7, 11) is 0. The molecule has 0 aliphatic rings. The molecule has 0 amide bonds. The third-order valence-electron chi connectivity index (χ3n) is 3.74. The van der Waals surface area contributed by atoms with E-state index in [1.807, 2.05) is 24.3 Å². The average Bonchev–Trinajstić information content (AvgIpc) is 3.11. The number of nitrogens with one attached hydrogen (secondary N) is 2. The van der Waals surface area contributed by atoms with Crippen LogP contribution in [0.5, 0.6) is 11.8 Å². The highest BCUT2D eigenvalue weighted by atomic mass is 35.5. The summed E-state index contributed by atoms with van der Waals surface area (Å²) in [6, 6.07) is 14.7. The second kappa shape index (κ2) is 8.47. The first kappa shape index (κ1) is 18.5. The number of fused-ring (bicyclic) bond motifs is 1. The second-order valence-electron chi connectivity index (χ2n) is 5.83. The third kappa shape index (κ3) is 4.72. The number of aromatic amines is 1. The Morgan fingerprint density at radius 3 is 2.71 bits per heavy atom. The van der Waals surface area contributed by atoms with E-state index in [1.165, 1.54) is 11.8 Å². The highest BCUT2D eigenvalue weighted by molar-refractivity contribution is 7.99. The molecular formula is C19H16ClN5O2S. The summed E-state index contributed by atoms with van der Waals surface area (Å²) in [4.78, 5) is 15.7. The van der Waals surface area contributed by atoms with E-state index in [9.17, 15) is 5.11 Å². The van der Waals surface area contributed by atoms with Crippen LogP contribution in [-0.4, -0.2) is 37.0 Å². The summed E-state index contributed by atoms with van der Waals surface area (Å²) in [6.45, 7) is 0. The second-order valence-corrected chi connectivity index (χ2v) is 7.28. The number of halogens is 1. The van der Waals surface area contributed by atoms with Gasteiger partial charge in [0.25, 0.3) is 0 Å². The Labute approximate surface area is 170 Å². The number of aromatic nitrogens is 4. The molecule has 2 heterocycles. The van der Waals surface area contributed by atoms with Gasteiger partial charge >= 0.3 is 6.01 Å². The van der Waals surface area contributed by atoms with E-state index in [0.717, 1.165) is 21.9 Å². The largest absolute Gasteiger partial charge is 0.424 e. The number of benzene rings is 2. The van der Waals surface area contributed by atoms with Gasteiger partial charge in [0.2, 0.25) is 0 Å². The van der Waals surface area contributed by atoms with Crippen molar-refractivity contribution in [2.45, 2.75) is 11.4 Å². The van der Waals surface area contributed by atoms with Gasteiger partial charge in [0.15, 0.2) is 5.16 Å². The van der Waals surface area contributed by atoms with E-state index < -0.39 is 6.23 Å².